The first-order valence-corrected chi connectivity index (χ1v) is 6.31. The Hall–Kier alpha value is -1.01. The van der Waals surface area contributed by atoms with Crippen molar-refractivity contribution >= 4 is 11.6 Å². The van der Waals surface area contributed by atoms with Gasteiger partial charge in [0.1, 0.15) is 5.02 Å². The predicted molar refractivity (Wildman–Crippen MR) is 67.4 cm³/mol. The Labute approximate surface area is 115 Å². The summed E-state index contributed by atoms with van der Waals surface area (Å²) in [6.45, 7) is 4.36. The van der Waals surface area contributed by atoms with Crippen LogP contribution in [0.4, 0.5) is 13.2 Å². The highest BCUT2D eigenvalue weighted by molar-refractivity contribution is 6.31. The molecule has 0 aliphatic rings. The summed E-state index contributed by atoms with van der Waals surface area (Å²) in [7, 11) is 0. The van der Waals surface area contributed by atoms with Gasteiger partial charge in [-0.3, -0.25) is 0 Å². The Balaban J connectivity index is 2.67. The molecule has 1 atom stereocenters. The van der Waals surface area contributed by atoms with Gasteiger partial charge in [0, 0.05) is 12.7 Å². The average Bonchev–Trinajstić information content (AvgIpc) is 2.31. The molecule has 1 aromatic heterocycles. The van der Waals surface area contributed by atoms with Gasteiger partial charge < -0.3 is 10.1 Å². The van der Waals surface area contributed by atoms with Crippen molar-refractivity contribution in [3.63, 3.8) is 0 Å². The number of ether oxygens (including phenoxy) is 1. The minimum absolute atomic E-state index is 0.0758. The summed E-state index contributed by atoms with van der Waals surface area (Å²) >= 11 is 5.85. The van der Waals surface area contributed by atoms with E-state index in [2.05, 4.69) is 10.3 Å². The number of hydrogen-bond acceptors (Lipinski definition) is 3. The van der Waals surface area contributed by atoms with Crippen molar-refractivity contribution in [2.24, 2.45) is 0 Å². The van der Waals surface area contributed by atoms with Crippen molar-refractivity contribution in [2.45, 2.75) is 39.1 Å². The monoisotopic (exact) mass is 296 g/mol. The van der Waals surface area contributed by atoms with Crippen LogP contribution in [0.1, 0.15) is 25.8 Å². The fourth-order valence-electron chi connectivity index (χ4n) is 1.29. The molecule has 0 aromatic carbocycles. The van der Waals surface area contributed by atoms with Crippen LogP contribution >= 0.6 is 11.6 Å². The molecular formula is C12H16ClF3N2O. The van der Waals surface area contributed by atoms with E-state index in [0.717, 1.165) is 25.5 Å². The van der Waals surface area contributed by atoms with Gasteiger partial charge in [0.05, 0.1) is 0 Å². The predicted octanol–water partition coefficient (Wildman–Crippen LogP) is 3.56. The summed E-state index contributed by atoms with van der Waals surface area (Å²) in [5, 5.41) is 3.22. The largest absolute Gasteiger partial charge is 0.464 e. The molecule has 0 radical (unpaired) electrons. The number of hydrogen-bond donors (Lipinski definition) is 1. The zero-order valence-electron chi connectivity index (χ0n) is 10.7. The molecule has 0 fully saturated rings. The summed E-state index contributed by atoms with van der Waals surface area (Å²) < 4.78 is 41.7. The molecule has 1 rings (SSSR count). The Bertz CT molecular complexity index is 412. The quantitative estimate of drug-likeness (QED) is 0.815. The molecule has 1 N–H and O–H groups in total. The number of pyridine rings is 1. The molecule has 0 aliphatic carbocycles. The molecule has 108 valence electrons. The first-order chi connectivity index (χ1) is 8.84. The van der Waals surface area contributed by atoms with Gasteiger partial charge in [0.15, 0.2) is 6.10 Å². The summed E-state index contributed by atoms with van der Waals surface area (Å²) in [6.07, 6.45) is -3.94. The number of nitrogens with one attached hydrogen (secondary N) is 1. The number of alkyl halides is 3. The molecular weight excluding hydrogens is 281 g/mol. The molecule has 0 saturated heterocycles. The smallest absolute Gasteiger partial charge is 0.425 e. The van der Waals surface area contributed by atoms with E-state index in [0.29, 0.717) is 6.54 Å². The highest BCUT2D eigenvalue weighted by atomic mass is 35.5. The van der Waals surface area contributed by atoms with Crippen molar-refractivity contribution < 1.29 is 17.9 Å². The average molecular weight is 297 g/mol. The minimum atomic E-state index is -4.44. The molecule has 1 aromatic rings. The van der Waals surface area contributed by atoms with Gasteiger partial charge in [-0.05, 0) is 31.5 Å². The zero-order chi connectivity index (χ0) is 14.5. The minimum Gasteiger partial charge on any atom is -0.464 e. The third kappa shape index (κ3) is 5.24. The van der Waals surface area contributed by atoms with Gasteiger partial charge in [-0.1, -0.05) is 18.5 Å². The van der Waals surface area contributed by atoms with Crippen LogP contribution < -0.4 is 10.1 Å². The zero-order valence-corrected chi connectivity index (χ0v) is 11.5. The number of rotatable bonds is 6. The Morgan fingerprint density at radius 2 is 2.16 bits per heavy atom. The first-order valence-electron chi connectivity index (χ1n) is 5.93. The van der Waals surface area contributed by atoms with Crippen molar-refractivity contribution in [3.05, 3.63) is 22.8 Å². The van der Waals surface area contributed by atoms with E-state index < -0.39 is 12.3 Å². The number of halogens is 4. The fourth-order valence-corrected chi connectivity index (χ4v) is 1.53. The molecule has 7 heteroatoms. The van der Waals surface area contributed by atoms with Gasteiger partial charge in [0.25, 0.3) is 0 Å². The third-order valence-electron chi connectivity index (χ3n) is 2.37. The van der Waals surface area contributed by atoms with Crippen LogP contribution in [0.3, 0.4) is 0 Å². The fraction of sp³-hybridized carbons (Fsp3) is 0.583. The molecule has 0 spiro atoms. The Kier molecular flexibility index (Phi) is 5.87. The summed E-state index contributed by atoms with van der Waals surface area (Å²) in [4.78, 5) is 3.82. The lowest BCUT2D eigenvalue weighted by Gasteiger charge is -2.17. The highest BCUT2D eigenvalue weighted by Gasteiger charge is 2.38. The lowest BCUT2D eigenvalue weighted by molar-refractivity contribution is -0.189. The van der Waals surface area contributed by atoms with Crippen molar-refractivity contribution in [2.75, 3.05) is 6.54 Å². The van der Waals surface area contributed by atoms with E-state index in [9.17, 15) is 13.2 Å². The van der Waals surface area contributed by atoms with E-state index in [1.54, 1.807) is 6.07 Å². The van der Waals surface area contributed by atoms with Crippen LogP contribution in [0.2, 0.25) is 5.02 Å². The second-order valence-electron chi connectivity index (χ2n) is 4.11. The highest BCUT2D eigenvalue weighted by Crippen LogP contribution is 2.28. The molecule has 0 saturated carbocycles. The molecule has 1 unspecified atom stereocenters. The van der Waals surface area contributed by atoms with Gasteiger partial charge >= 0.3 is 6.18 Å². The van der Waals surface area contributed by atoms with Crippen molar-refractivity contribution in [3.8, 4) is 5.88 Å². The van der Waals surface area contributed by atoms with E-state index >= 15 is 0 Å². The first kappa shape index (κ1) is 16.0. The van der Waals surface area contributed by atoms with Crippen LogP contribution in [0.25, 0.3) is 0 Å². The standard InChI is InChI=1S/C12H16ClF3N2O/c1-3-4-17-6-9-5-10(13)11(18-7-9)19-8(2)12(14,15)16/h5,7-8,17H,3-4,6H2,1-2H3. The molecule has 0 amide bonds. The van der Waals surface area contributed by atoms with Crippen LogP contribution in [-0.2, 0) is 6.54 Å². The van der Waals surface area contributed by atoms with E-state index in [1.165, 1.54) is 6.20 Å². The van der Waals surface area contributed by atoms with E-state index in [4.69, 9.17) is 16.3 Å². The summed E-state index contributed by atoms with van der Waals surface area (Å²) in [5.41, 5.74) is 0.797. The Morgan fingerprint density at radius 1 is 1.47 bits per heavy atom. The number of nitrogens with zero attached hydrogens (tertiary/aromatic N) is 1. The maximum Gasteiger partial charge on any atom is 0.425 e. The normalized spacial score (nSPS) is 13.4. The third-order valence-corrected chi connectivity index (χ3v) is 2.64. The molecule has 3 nitrogen and oxygen atoms in total. The second-order valence-corrected chi connectivity index (χ2v) is 4.52. The van der Waals surface area contributed by atoms with Crippen molar-refractivity contribution in [1.29, 1.82) is 0 Å². The maximum absolute atomic E-state index is 12.3. The Morgan fingerprint density at radius 3 is 2.68 bits per heavy atom. The number of aromatic nitrogens is 1. The lowest BCUT2D eigenvalue weighted by atomic mass is 10.3. The van der Waals surface area contributed by atoms with Gasteiger partial charge in [-0.2, -0.15) is 13.2 Å². The van der Waals surface area contributed by atoms with E-state index in [-0.39, 0.29) is 10.9 Å². The molecule has 1 heterocycles. The van der Waals surface area contributed by atoms with Crippen LogP contribution in [0, 0.1) is 0 Å². The van der Waals surface area contributed by atoms with Crippen LogP contribution in [0.15, 0.2) is 12.3 Å². The molecule has 19 heavy (non-hydrogen) atoms. The molecule has 0 aliphatic heterocycles. The van der Waals surface area contributed by atoms with Gasteiger partial charge in [0.2, 0.25) is 5.88 Å². The second kappa shape index (κ2) is 6.96. The topological polar surface area (TPSA) is 34.2 Å². The van der Waals surface area contributed by atoms with Crippen LogP contribution in [0.5, 0.6) is 5.88 Å². The summed E-state index contributed by atoms with van der Waals surface area (Å²) in [5.74, 6) is -0.203. The van der Waals surface area contributed by atoms with Gasteiger partial charge in [-0.15, -0.1) is 0 Å². The maximum atomic E-state index is 12.3. The van der Waals surface area contributed by atoms with Gasteiger partial charge in [-0.25, -0.2) is 4.98 Å². The SMILES string of the molecule is CCCNCc1cnc(OC(C)C(F)(F)F)c(Cl)c1. The summed E-state index contributed by atoms with van der Waals surface area (Å²) in [6, 6.07) is 1.55. The molecule has 0 bridgehead atoms. The van der Waals surface area contributed by atoms with E-state index in [1.807, 2.05) is 6.92 Å². The lowest BCUT2D eigenvalue weighted by Crippen LogP contribution is -2.31. The van der Waals surface area contributed by atoms with Crippen LogP contribution in [-0.4, -0.2) is 23.8 Å². The van der Waals surface area contributed by atoms with Crippen molar-refractivity contribution in [1.82, 2.24) is 10.3 Å².